The topological polar surface area (TPSA) is 61.4 Å². The van der Waals surface area contributed by atoms with Crippen LogP contribution in [-0.2, 0) is 4.79 Å². The molecule has 1 aromatic rings. The number of hydrogen-bond acceptors (Lipinski definition) is 3. The van der Waals surface area contributed by atoms with Crippen molar-refractivity contribution in [3.05, 3.63) is 35.4 Å². The van der Waals surface area contributed by atoms with E-state index in [2.05, 4.69) is 17.6 Å². The average molecular weight is 379 g/mol. The van der Waals surface area contributed by atoms with Gasteiger partial charge in [-0.2, -0.15) is 0 Å². The number of nitrogens with zero attached hydrogens (tertiary/aromatic N) is 1. The molecule has 0 atom stereocenters. The lowest BCUT2D eigenvalue weighted by atomic mass is 9.81. The van der Waals surface area contributed by atoms with Gasteiger partial charge in [0.1, 0.15) is 11.6 Å². The predicted molar refractivity (Wildman–Crippen MR) is 98.2 cm³/mol. The largest absolute Gasteiger partial charge is 0.355 e. The van der Waals surface area contributed by atoms with Crippen LogP contribution in [0, 0.1) is 23.0 Å². The average Bonchev–Trinajstić information content (AvgIpc) is 2.66. The highest BCUT2D eigenvalue weighted by molar-refractivity contribution is 5.94. The first kappa shape index (κ1) is 19.7. The van der Waals surface area contributed by atoms with Crippen molar-refractivity contribution in [1.82, 2.24) is 15.5 Å². The SMILES string of the molecule is CC1(CNC(=O)C2CCN(C(=O)c3ccc(F)cc3F)CC2)CCNCC1. The molecule has 0 saturated carbocycles. The van der Waals surface area contributed by atoms with Crippen LogP contribution in [0.4, 0.5) is 8.78 Å². The highest BCUT2D eigenvalue weighted by Gasteiger charge is 2.31. The summed E-state index contributed by atoms with van der Waals surface area (Å²) >= 11 is 0. The van der Waals surface area contributed by atoms with E-state index in [-0.39, 0.29) is 22.8 Å². The molecular weight excluding hydrogens is 352 g/mol. The zero-order valence-electron chi connectivity index (χ0n) is 15.7. The highest BCUT2D eigenvalue weighted by atomic mass is 19.1. The van der Waals surface area contributed by atoms with Crippen molar-refractivity contribution >= 4 is 11.8 Å². The summed E-state index contributed by atoms with van der Waals surface area (Å²) in [5.74, 6) is -2.10. The predicted octanol–water partition coefficient (Wildman–Crippen LogP) is 2.32. The van der Waals surface area contributed by atoms with E-state index in [4.69, 9.17) is 0 Å². The summed E-state index contributed by atoms with van der Waals surface area (Å²) in [7, 11) is 0. The lowest BCUT2D eigenvalue weighted by Crippen LogP contribution is -2.47. The molecule has 2 aliphatic heterocycles. The number of amides is 2. The third-order valence-corrected chi connectivity index (χ3v) is 5.81. The summed E-state index contributed by atoms with van der Waals surface area (Å²) in [4.78, 5) is 26.5. The van der Waals surface area contributed by atoms with E-state index in [1.165, 1.54) is 11.0 Å². The Morgan fingerprint density at radius 1 is 1.22 bits per heavy atom. The molecule has 148 valence electrons. The molecule has 0 spiro atoms. The molecule has 2 fully saturated rings. The minimum Gasteiger partial charge on any atom is -0.355 e. The fourth-order valence-electron chi connectivity index (χ4n) is 3.83. The van der Waals surface area contributed by atoms with Gasteiger partial charge < -0.3 is 15.5 Å². The van der Waals surface area contributed by atoms with Crippen LogP contribution in [0.3, 0.4) is 0 Å². The maximum atomic E-state index is 13.8. The zero-order valence-corrected chi connectivity index (χ0v) is 15.7. The van der Waals surface area contributed by atoms with Gasteiger partial charge >= 0.3 is 0 Å². The van der Waals surface area contributed by atoms with Crippen molar-refractivity contribution in [3.8, 4) is 0 Å². The Morgan fingerprint density at radius 2 is 1.89 bits per heavy atom. The molecule has 2 heterocycles. The van der Waals surface area contributed by atoms with Gasteiger partial charge in [0, 0.05) is 31.6 Å². The first-order valence-corrected chi connectivity index (χ1v) is 9.61. The van der Waals surface area contributed by atoms with Crippen LogP contribution < -0.4 is 10.6 Å². The van der Waals surface area contributed by atoms with Crippen LogP contribution in [0.25, 0.3) is 0 Å². The summed E-state index contributed by atoms with van der Waals surface area (Å²) in [6.07, 6.45) is 3.20. The first-order chi connectivity index (χ1) is 12.9. The van der Waals surface area contributed by atoms with Gasteiger partial charge in [-0.25, -0.2) is 8.78 Å². The number of carbonyl (C=O) groups excluding carboxylic acids is 2. The number of hydrogen-bond donors (Lipinski definition) is 2. The molecule has 2 amide bonds. The Morgan fingerprint density at radius 3 is 2.52 bits per heavy atom. The molecule has 2 N–H and O–H groups in total. The van der Waals surface area contributed by atoms with Crippen LogP contribution in [-0.4, -0.2) is 49.4 Å². The molecule has 5 nitrogen and oxygen atoms in total. The standard InChI is InChI=1S/C20H27F2N3O2/c1-20(6-8-23-9-7-20)13-24-18(26)14-4-10-25(11-5-14)19(27)16-3-2-15(21)12-17(16)22/h2-3,12,14,23H,4-11,13H2,1H3,(H,24,26). The second kappa shape index (κ2) is 8.33. The molecule has 0 unspecified atom stereocenters. The van der Waals surface area contributed by atoms with Crippen LogP contribution in [0.1, 0.15) is 43.0 Å². The smallest absolute Gasteiger partial charge is 0.256 e. The van der Waals surface area contributed by atoms with Crippen molar-refractivity contribution < 1.29 is 18.4 Å². The highest BCUT2D eigenvalue weighted by Crippen LogP contribution is 2.27. The Balaban J connectivity index is 1.49. The first-order valence-electron chi connectivity index (χ1n) is 9.61. The molecule has 3 rings (SSSR count). The molecule has 2 aliphatic rings. The monoisotopic (exact) mass is 379 g/mol. The Labute approximate surface area is 158 Å². The molecular formula is C20H27F2N3O2. The minimum atomic E-state index is -0.852. The van der Waals surface area contributed by atoms with Crippen molar-refractivity contribution in [3.63, 3.8) is 0 Å². The summed E-state index contributed by atoms with van der Waals surface area (Å²) in [6, 6.07) is 2.97. The lowest BCUT2D eigenvalue weighted by Gasteiger charge is -2.35. The van der Waals surface area contributed by atoms with Gasteiger partial charge in [0.05, 0.1) is 5.56 Å². The summed E-state index contributed by atoms with van der Waals surface area (Å²) in [5, 5.41) is 6.41. The van der Waals surface area contributed by atoms with Gasteiger partial charge in [-0.1, -0.05) is 6.92 Å². The maximum Gasteiger partial charge on any atom is 0.256 e. The van der Waals surface area contributed by atoms with E-state index >= 15 is 0 Å². The fraction of sp³-hybridized carbons (Fsp3) is 0.600. The van der Waals surface area contributed by atoms with E-state index in [1.54, 1.807) is 0 Å². The molecule has 0 radical (unpaired) electrons. The normalized spacial score (nSPS) is 20.3. The number of likely N-dealkylation sites (tertiary alicyclic amines) is 1. The van der Waals surface area contributed by atoms with Crippen LogP contribution in [0.5, 0.6) is 0 Å². The van der Waals surface area contributed by atoms with Crippen LogP contribution >= 0.6 is 0 Å². The fourth-order valence-corrected chi connectivity index (χ4v) is 3.83. The second-order valence-electron chi connectivity index (χ2n) is 7.97. The van der Waals surface area contributed by atoms with E-state index in [1.807, 2.05) is 0 Å². The maximum absolute atomic E-state index is 13.8. The van der Waals surface area contributed by atoms with Gasteiger partial charge in [0.15, 0.2) is 0 Å². The van der Waals surface area contributed by atoms with E-state index in [0.29, 0.717) is 32.5 Å². The molecule has 0 bridgehead atoms. The minimum absolute atomic E-state index is 0.0369. The summed E-state index contributed by atoms with van der Waals surface area (Å²) in [5.41, 5.74) is 0.00987. The lowest BCUT2D eigenvalue weighted by molar-refractivity contribution is -0.126. The third kappa shape index (κ3) is 4.83. The van der Waals surface area contributed by atoms with Gasteiger partial charge in [0.2, 0.25) is 5.91 Å². The Bertz CT molecular complexity index is 696. The molecule has 27 heavy (non-hydrogen) atoms. The molecule has 0 aliphatic carbocycles. The number of carbonyl (C=O) groups is 2. The van der Waals surface area contributed by atoms with Crippen molar-refractivity contribution in [2.45, 2.75) is 32.6 Å². The number of rotatable bonds is 4. The van der Waals surface area contributed by atoms with Gasteiger partial charge in [-0.3, -0.25) is 9.59 Å². The van der Waals surface area contributed by atoms with E-state index in [9.17, 15) is 18.4 Å². The molecule has 2 saturated heterocycles. The Hall–Kier alpha value is -2.02. The number of nitrogens with one attached hydrogen (secondary N) is 2. The quantitative estimate of drug-likeness (QED) is 0.844. The van der Waals surface area contributed by atoms with Crippen molar-refractivity contribution in [2.24, 2.45) is 11.3 Å². The van der Waals surface area contributed by atoms with Crippen LogP contribution in [0.2, 0.25) is 0 Å². The van der Waals surface area contributed by atoms with Crippen molar-refractivity contribution in [1.29, 1.82) is 0 Å². The van der Waals surface area contributed by atoms with Gasteiger partial charge in [-0.15, -0.1) is 0 Å². The van der Waals surface area contributed by atoms with E-state index < -0.39 is 17.5 Å². The van der Waals surface area contributed by atoms with Crippen molar-refractivity contribution in [2.75, 3.05) is 32.7 Å². The summed E-state index contributed by atoms with van der Waals surface area (Å²) in [6.45, 7) is 5.63. The van der Waals surface area contributed by atoms with Crippen LogP contribution in [0.15, 0.2) is 18.2 Å². The van der Waals surface area contributed by atoms with E-state index in [0.717, 1.165) is 38.1 Å². The number of halogens is 2. The number of benzene rings is 1. The second-order valence-corrected chi connectivity index (χ2v) is 7.97. The Kier molecular flexibility index (Phi) is 6.09. The zero-order chi connectivity index (χ0) is 19.4. The molecule has 7 heteroatoms. The van der Waals surface area contributed by atoms with Gasteiger partial charge in [-0.05, 0) is 56.3 Å². The molecule has 1 aromatic carbocycles. The van der Waals surface area contributed by atoms with Gasteiger partial charge in [0.25, 0.3) is 5.91 Å². The summed E-state index contributed by atoms with van der Waals surface area (Å²) < 4.78 is 26.8. The number of piperidine rings is 2. The third-order valence-electron chi connectivity index (χ3n) is 5.81. The molecule has 0 aromatic heterocycles.